The monoisotopic (exact) mass is 575 g/mol. The number of hydrogen-bond acceptors (Lipinski definition) is 4. The molecule has 40 heavy (non-hydrogen) atoms. The van der Waals surface area contributed by atoms with Gasteiger partial charge in [0.1, 0.15) is 0 Å². The largest absolute Gasteiger partial charge is 0.416 e. The summed E-state index contributed by atoms with van der Waals surface area (Å²) in [6.45, 7) is 0.879. The van der Waals surface area contributed by atoms with E-state index in [1.54, 1.807) is 0 Å². The lowest BCUT2D eigenvalue weighted by Gasteiger charge is -2.53. The fourth-order valence-corrected chi connectivity index (χ4v) is 6.62. The molecule has 4 fully saturated rings. The highest BCUT2D eigenvalue weighted by Gasteiger charge is 2.53. The molecule has 2 aromatic rings. The minimum Gasteiger partial charge on any atom is -0.333 e. The highest BCUT2D eigenvalue weighted by atomic mass is 19.4. The van der Waals surface area contributed by atoms with Gasteiger partial charge in [0.05, 0.1) is 5.56 Å². The number of benzene rings is 1. The molecule has 0 unspecified atom stereocenters. The number of alkyl halides is 7. The molecule has 5 nitrogen and oxygen atoms in total. The van der Waals surface area contributed by atoms with Gasteiger partial charge in [0.15, 0.2) is 5.82 Å². The number of nitrogens with zero attached hydrogens (tertiary/aromatic N) is 3. The maximum Gasteiger partial charge on any atom is 0.416 e. The van der Waals surface area contributed by atoms with Crippen LogP contribution >= 0.6 is 0 Å². The third kappa shape index (κ3) is 5.86. The van der Waals surface area contributed by atoms with E-state index < -0.39 is 34.9 Å². The molecule has 0 atom stereocenters. The second-order valence-electron chi connectivity index (χ2n) is 12.1. The number of amides is 1. The van der Waals surface area contributed by atoms with E-state index in [1.165, 1.54) is 17.0 Å². The summed E-state index contributed by atoms with van der Waals surface area (Å²) >= 11 is 0. The fourth-order valence-electron chi connectivity index (χ4n) is 6.62. The molecule has 12 heteroatoms. The quantitative estimate of drug-likeness (QED) is 0.314. The first-order chi connectivity index (χ1) is 18.6. The molecule has 1 aromatic carbocycles. The van der Waals surface area contributed by atoms with Gasteiger partial charge in [0.25, 0.3) is 5.89 Å². The van der Waals surface area contributed by atoms with Gasteiger partial charge in [0.2, 0.25) is 11.8 Å². The van der Waals surface area contributed by atoms with Crippen LogP contribution in [-0.4, -0.2) is 28.5 Å². The third-order valence-electron chi connectivity index (χ3n) is 9.26. The number of fused-ring (bicyclic) bond motifs is 3. The Kier molecular flexibility index (Phi) is 7.22. The SMILES string of the molecule is CC(F)(F)c1nc(C23CCC(CN(C(=O)CC4CCC(F)(F)CC4)c4cccc(C(F)(F)F)c4)(CC2)CC3)no1. The van der Waals surface area contributed by atoms with Crippen molar-refractivity contribution >= 4 is 11.6 Å². The Morgan fingerprint density at radius 1 is 1.00 bits per heavy atom. The minimum absolute atomic E-state index is 0.0107. The lowest BCUT2D eigenvalue weighted by molar-refractivity contribution is -0.137. The molecule has 2 bridgehead atoms. The van der Waals surface area contributed by atoms with Gasteiger partial charge in [-0.15, -0.1) is 0 Å². The molecule has 0 spiro atoms. The predicted molar refractivity (Wildman–Crippen MR) is 131 cm³/mol. The van der Waals surface area contributed by atoms with E-state index in [0.717, 1.165) is 12.1 Å². The first-order valence-corrected chi connectivity index (χ1v) is 13.7. The van der Waals surface area contributed by atoms with Crippen LogP contribution < -0.4 is 4.90 Å². The van der Waals surface area contributed by atoms with Crippen LogP contribution in [0, 0.1) is 11.3 Å². The Balaban J connectivity index is 1.36. The first kappa shape index (κ1) is 28.9. The summed E-state index contributed by atoms with van der Waals surface area (Å²) in [5, 5.41) is 3.85. The Morgan fingerprint density at radius 2 is 1.62 bits per heavy atom. The van der Waals surface area contributed by atoms with Gasteiger partial charge in [-0.2, -0.15) is 26.9 Å². The molecule has 0 N–H and O–H groups in total. The summed E-state index contributed by atoms with van der Waals surface area (Å²) in [5.41, 5.74) is -1.64. The Hall–Kier alpha value is -2.66. The van der Waals surface area contributed by atoms with Gasteiger partial charge < -0.3 is 9.42 Å². The van der Waals surface area contributed by atoms with Crippen molar-refractivity contribution in [2.45, 2.75) is 101 Å². The van der Waals surface area contributed by atoms with E-state index in [4.69, 9.17) is 4.52 Å². The molecule has 1 heterocycles. The number of halogens is 7. The van der Waals surface area contributed by atoms with E-state index >= 15 is 0 Å². The van der Waals surface area contributed by atoms with Gasteiger partial charge in [-0.05, 0) is 80.9 Å². The van der Waals surface area contributed by atoms with Crippen LogP contribution in [0.4, 0.5) is 36.4 Å². The van der Waals surface area contributed by atoms with E-state index in [2.05, 4.69) is 10.1 Å². The normalized spacial score (nSPS) is 27.1. The second kappa shape index (κ2) is 10.0. The van der Waals surface area contributed by atoms with E-state index in [1.807, 2.05) is 0 Å². The molecular formula is C28H32F7N3O2. The highest BCUT2D eigenvalue weighted by molar-refractivity contribution is 5.93. The van der Waals surface area contributed by atoms with Crippen molar-refractivity contribution in [3.8, 4) is 0 Å². The highest BCUT2D eigenvalue weighted by Crippen LogP contribution is 2.58. The lowest BCUT2D eigenvalue weighted by atomic mass is 9.53. The summed E-state index contributed by atoms with van der Waals surface area (Å²) in [4.78, 5) is 19.0. The molecule has 1 amide bonds. The number of carbonyl (C=O) groups excluding carboxylic acids is 1. The Bertz CT molecular complexity index is 1200. The summed E-state index contributed by atoms with van der Waals surface area (Å²) in [7, 11) is 0. The third-order valence-corrected chi connectivity index (χ3v) is 9.26. The summed E-state index contributed by atoms with van der Waals surface area (Å²) < 4.78 is 100. The van der Waals surface area contributed by atoms with Crippen LogP contribution in [0.1, 0.15) is 94.8 Å². The summed E-state index contributed by atoms with van der Waals surface area (Å²) in [6.07, 6.45) is -1.29. The molecule has 4 saturated carbocycles. The van der Waals surface area contributed by atoms with E-state index in [0.29, 0.717) is 45.4 Å². The van der Waals surface area contributed by atoms with Gasteiger partial charge in [-0.25, -0.2) is 8.78 Å². The van der Waals surface area contributed by atoms with Crippen LogP contribution in [0.15, 0.2) is 28.8 Å². The van der Waals surface area contributed by atoms with Crippen LogP contribution in [0.2, 0.25) is 0 Å². The van der Waals surface area contributed by atoms with Crippen LogP contribution in [0.3, 0.4) is 0 Å². The smallest absolute Gasteiger partial charge is 0.333 e. The van der Waals surface area contributed by atoms with Crippen molar-refractivity contribution in [1.29, 1.82) is 0 Å². The lowest BCUT2D eigenvalue weighted by Crippen LogP contribution is -2.51. The maximum absolute atomic E-state index is 13.7. The van der Waals surface area contributed by atoms with Gasteiger partial charge in [-0.1, -0.05) is 11.2 Å². The average molecular weight is 576 g/mol. The van der Waals surface area contributed by atoms with Gasteiger partial charge in [-0.3, -0.25) is 4.79 Å². The van der Waals surface area contributed by atoms with Crippen LogP contribution in [-0.2, 0) is 22.3 Å². The van der Waals surface area contributed by atoms with Gasteiger partial charge in [0, 0.05) is 43.8 Å². The molecule has 4 aliphatic carbocycles. The predicted octanol–water partition coefficient (Wildman–Crippen LogP) is 8.04. The van der Waals surface area contributed by atoms with Gasteiger partial charge >= 0.3 is 12.1 Å². The number of carbonyl (C=O) groups is 1. The van der Waals surface area contributed by atoms with Crippen LogP contribution in [0.25, 0.3) is 0 Å². The summed E-state index contributed by atoms with van der Waals surface area (Å²) in [6, 6.07) is 4.65. The second-order valence-corrected chi connectivity index (χ2v) is 12.1. The molecule has 0 saturated heterocycles. The van der Waals surface area contributed by atoms with Crippen molar-refractivity contribution < 1.29 is 40.1 Å². The average Bonchev–Trinajstić information content (AvgIpc) is 3.42. The standard InChI is InChI=1S/C28H32F7N3O2/c1-24(29,30)23-36-22(37-40-23)26-12-9-25(10-13-26,11-14-26)17-38(20-4-2-3-19(16-20)28(33,34)35)21(39)15-18-5-7-27(31,32)8-6-18/h2-4,16,18H,5-15,17H2,1H3. The number of anilines is 1. The topological polar surface area (TPSA) is 59.2 Å². The van der Waals surface area contributed by atoms with Crippen molar-refractivity contribution in [3.63, 3.8) is 0 Å². The number of rotatable bonds is 7. The molecular weight excluding hydrogens is 543 g/mol. The maximum atomic E-state index is 13.7. The molecule has 0 radical (unpaired) electrons. The Labute approximate surface area is 227 Å². The zero-order valence-electron chi connectivity index (χ0n) is 22.2. The molecule has 220 valence electrons. The molecule has 4 aliphatic rings. The number of aromatic nitrogens is 2. The van der Waals surface area contributed by atoms with Crippen molar-refractivity contribution in [2.75, 3.05) is 11.4 Å². The summed E-state index contributed by atoms with van der Waals surface area (Å²) in [5.74, 6) is -7.12. The fraction of sp³-hybridized carbons (Fsp3) is 0.679. The van der Waals surface area contributed by atoms with Crippen molar-refractivity contribution in [2.24, 2.45) is 11.3 Å². The van der Waals surface area contributed by atoms with Crippen molar-refractivity contribution in [1.82, 2.24) is 10.1 Å². The Morgan fingerprint density at radius 3 is 2.17 bits per heavy atom. The zero-order valence-corrected chi connectivity index (χ0v) is 22.2. The van der Waals surface area contributed by atoms with Crippen LogP contribution in [0.5, 0.6) is 0 Å². The first-order valence-electron chi connectivity index (χ1n) is 13.7. The van der Waals surface area contributed by atoms with Crippen molar-refractivity contribution in [3.05, 3.63) is 41.5 Å². The zero-order chi connectivity index (χ0) is 29.0. The molecule has 0 aliphatic heterocycles. The van der Waals surface area contributed by atoms with E-state index in [9.17, 15) is 35.5 Å². The van der Waals surface area contributed by atoms with E-state index in [-0.39, 0.29) is 67.4 Å². The minimum atomic E-state index is -4.59. The molecule has 6 rings (SSSR count). The number of hydrogen-bond donors (Lipinski definition) is 0. The molecule has 1 aromatic heterocycles.